The Balaban J connectivity index is 2.15. The van der Waals surface area contributed by atoms with E-state index in [1.807, 2.05) is 41.3 Å². The van der Waals surface area contributed by atoms with Crippen molar-refractivity contribution in [2.24, 2.45) is 0 Å². The minimum Gasteiger partial charge on any atom is -0.302 e. The molecule has 0 spiro atoms. The van der Waals surface area contributed by atoms with Gasteiger partial charge in [0.1, 0.15) is 0 Å². The molecule has 0 aliphatic carbocycles. The SMILES string of the molecule is CCCCC1C=CC(=O)N1c1ccccc1. The zero-order valence-corrected chi connectivity index (χ0v) is 9.60. The van der Waals surface area contributed by atoms with Crippen molar-refractivity contribution in [2.45, 2.75) is 32.2 Å². The van der Waals surface area contributed by atoms with E-state index in [1.54, 1.807) is 6.08 Å². The number of carbonyl (C=O) groups excluding carboxylic acids is 1. The van der Waals surface area contributed by atoms with Gasteiger partial charge in [-0.15, -0.1) is 0 Å². The van der Waals surface area contributed by atoms with E-state index in [4.69, 9.17) is 0 Å². The summed E-state index contributed by atoms with van der Waals surface area (Å²) in [5.74, 6) is 0.104. The highest BCUT2D eigenvalue weighted by molar-refractivity contribution is 6.04. The van der Waals surface area contributed by atoms with Crippen LogP contribution >= 0.6 is 0 Å². The molecular formula is C14H17NO. The Morgan fingerprint density at radius 2 is 2.00 bits per heavy atom. The van der Waals surface area contributed by atoms with Crippen LogP contribution in [0.2, 0.25) is 0 Å². The van der Waals surface area contributed by atoms with Crippen molar-refractivity contribution in [1.82, 2.24) is 0 Å². The molecule has 2 rings (SSSR count). The number of nitrogens with zero attached hydrogens (tertiary/aromatic N) is 1. The van der Waals surface area contributed by atoms with E-state index in [1.165, 1.54) is 6.42 Å². The molecule has 1 unspecified atom stereocenters. The number of hydrogen-bond donors (Lipinski definition) is 0. The Kier molecular flexibility index (Phi) is 3.40. The van der Waals surface area contributed by atoms with Gasteiger partial charge in [-0.3, -0.25) is 4.79 Å². The Morgan fingerprint density at radius 3 is 2.69 bits per heavy atom. The number of hydrogen-bond acceptors (Lipinski definition) is 1. The predicted octanol–water partition coefficient (Wildman–Crippen LogP) is 3.15. The maximum absolute atomic E-state index is 11.8. The molecule has 0 radical (unpaired) electrons. The van der Waals surface area contributed by atoms with Gasteiger partial charge in [0.25, 0.3) is 5.91 Å². The summed E-state index contributed by atoms with van der Waals surface area (Å²) in [5, 5.41) is 0. The number of rotatable bonds is 4. The number of unbranched alkanes of at least 4 members (excludes halogenated alkanes) is 1. The van der Waals surface area contributed by atoms with Crippen LogP contribution < -0.4 is 4.90 Å². The monoisotopic (exact) mass is 215 g/mol. The normalized spacial score (nSPS) is 19.4. The zero-order chi connectivity index (χ0) is 11.4. The molecule has 1 amide bonds. The van der Waals surface area contributed by atoms with Crippen LogP contribution in [0, 0.1) is 0 Å². The molecule has 0 saturated heterocycles. The minimum atomic E-state index is 0.104. The third-order valence-electron chi connectivity index (χ3n) is 2.92. The van der Waals surface area contributed by atoms with Crippen LogP contribution in [0.5, 0.6) is 0 Å². The molecule has 1 aromatic carbocycles. The quantitative estimate of drug-likeness (QED) is 0.755. The molecule has 2 heteroatoms. The molecule has 0 aromatic heterocycles. The lowest BCUT2D eigenvalue weighted by molar-refractivity contribution is -0.113. The van der Waals surface area contributed by atoms with Crippen molar-refractivity contribution >= 4 is 11.6 Å². The Morgan fingerprint density at radius 1 is 1.25 bits per heavy atom. The summed E-state index contributed by atoms with van der Waals surface area (Å²) in [7, 11) is 0. The number of anilines is 1. The summed E-state index contributed by atoms with van der Waals surface area (Å²) in [5.41, 5.74) is 0.999. The van der Waals surface area contributed by atoms with Crippen molar-refractivity contribution in [3.8, 4) is 0 Å². The zero-order valence-electron chi connectivity index (χ0n) is 9.60. The highest BCUT2D eigenvalue weighted by Gasteiger charge is 2.26. The fourth-order valence-electron chi connectivity index (χ4n) is 2.07. The molecule has 1 aliphatic rings. The molecule has 1 aliphatic heterocycles. The lowest BCUT2D eigenvalue weighted by Crippen LogP contribution is -2.33. The Hall–Kier alpha value is -1.57. The molecule has 84 valence electrons. The van der Waals surface area contributed by atoms with Gasteiger partial charge >= 0.3 is 0 Å². The highest BCUT2D eigenvalue weighted by Crippen LogP contribution is 2.24. The summed E-state index contributed by atoms with van der Waals surface area (Å²) in [6.07, 6.45) is 7.08. The standard InChI is InChI=1S/C14H17NO/c1-2-3-7-13-10-11-14(16)15(13)12-8-5-4-6-9-12/h4-6,8-11,13H,2-3,7H2,1H3. The lowest BCUT2D eigenvalue weighted by Gasteiger charge is -2.24. The third kappa shape index (κ3) is 2.16. The van der Waals surface area contributed by atoms with Gasteiger partial charge in [0.05, 0.1) is 6.04 Å². The van der Waals surface area contributed by atoms with Gasteiger partial charge in [-0.05, 0) is 18.6 Å². The summed E-state index contributed by atoms with van der Waals surface area (Å²) in [6, 6.07) is 10.1. The van der Waals surface area contributed by atoms with E-state index in [0.717, 1.165) is 18.5 Å². The molecule has 0 bridgehead atoms. The van der Waals surface area contributed by atoms with E-state index < -0.39 is 0 Å². The second-order valence-corrected chi connectivity index (χ2v) is 4.11. The van der Waals surface area contributed by atoms with Crippen LogP contribution in [0.25, 0.3) is 0 Å². The van der Waals surface area contributed by atoms with Crippen molar-refractivity contribution < 1.29 is 4.79 Å². The van der Waals surface area contributed by atoms with Crippen LogP contribution in [0.3, 0.4) is 0 Å². The average Bonchev–Trinajstić information content (AvgIpc) is 2.69. The van der Waals surface area contributed by atoms with E-state index in [9.17, 15) is 4.79 Å². The van der Waals surface area contributed by atoms with Crippen molar-refractivity contribution in [1.29, 1.82) is 0 Å². The van der Waals surface area contributed by atoms with Gasteiger partial charge in [-0.25, -0.2) is 0 Å². The van der Waals surface area contributed by atoms with Crippen LogP contribution in [0.4, 0.5) is 5.69 Å². The van der Waals surface area contributed by atoms with E-state index >= 15 is 0 Å². The number of carbonyl (C=O) groups is 1. The molecule has 1 heterocycles. The molecule has 16 heavy (non-hydrogen) atoms. The van der Waals surface area contributed by atoms with E-state index in [0.29, 0.717) is 0 Å². The van der Waals surface area contributed by atoms with Crippen LogP contribution in [0.1, 0.15) is 26.2 Å². The van der Waals surface area contributed by atoms with Crippen LogP contribution in [0.15, 0.2) is 42.5 Å². The molecule has 0 saturated carbocycles. The van der Waals surface area contributed by atoms with Crippen molar-refractivity contribution in [3.05, 3.63) is 42.5 Å². The smallest absolute Gasteiger partial charge is 0.251 e. The maximum atomic E-state index is 11.8. The maximum Gasteiger partial charge on any atom is 0.251 e. The number of para-hydroxylation sites is 1. The van der Waals surface area contributed by atoms with Gasteiger partial charge in [-0.2, -0.15) is 0 Å². The second-order valence-electron chi connectivity index (χ2n) is 4.11. The Labute approximate surface area is 96.6 Å². The fourth-order valence-corrected chi connectivity index (χ4v) is 2.07. The molecular weight excluding hydrogens is 198 g/mol. The van der Waals surface area contributed by atoms with E-state index in [-0.39, 0.29) is 11.9 Å². The van der Waals surface area contributed by atoms with Gasteiger partial charge in [0, 0.05) is 11.8 Å². The lowest BCUT2D eigenvalue weighted by atomic mass is 10.1. The largest absolute Gasteiger partial charge is 0.302 e. The van der Waals surface area contributed by atoms with E-state index in [2.05, 4.69) is 6.92 Å². The molecule has 1 aromatic rings. The predicted molar refractivity (Wildman–Crippen MR) is 66.4 cm³/mol. The fraction of sp³-hybridized carbons (Fsp3) is 0.357. The van der Waals surface area contributed by atoms with Crippen molar-refractivity contribution in [3.63, 3.8) is 0 Å². The first kappa shape index (κ1) is 10.9. The van der Waals surface area contributed by atoms with Crippen molar-refractivity contribution in [2.75, 3.05) is 4.90 Å². The highest BCUT2D eigenvalue weighted by atomic mass is 16.2. The summed E-state index contributed by atoms with van der Waals surface area (Å²) >= 11 is 0. The minimum absolute atomic E-state index is 0.104. The first-order chi connectivity index (χ1) is 7.83. The second kappa shape index (κ2) is 4.97. The average molecular weight is 215 g/mol. The Bertz CT molecular complexity index is 383. The molecule has 1 atom stereocenters. The molecule has 2 nitrogen and oxygen atoms in total. The topological polar surface area (TPSA) is 20.3 Å². The van der Waals surface area contributed by atoms with Crippen LogP contribution in [-0.4, -0.2) is 11.9 Å². The third-order valence-corrected chi connectivity index (χ3v) is 2.92. The van der Waals surface area contributed by atoms with Gasteiger partial charge in [0.2, 0.25) is 0 Å². The van der Waals surface area contributed by atoms with Gasteiger partial charge < -0.3 is 4.90 Å². The first-order valence-corrected chi connectivity index (χ1v) is 5.89. The summed E-state index contributed by atoms with van der Waals surface area (Å²) < 4.78 is 0. The first-order valence-electron chi connectivity index (χ1n) is 5.89. The summed E-state index contributed by atoms with van der Waals surface area (Å²) in [4.78, 5) is 13.7. The molecule has 0 N–H and O–H groups in total. The summed E-state index contributed by atoms with van der Waals surface area (Å²) in [6.45, 7) is 2.17. The van der Waals surface area contributed by atoms with Gasteiger partial charge in [-0.1, -0.05) is 44.0 Å². The van der Waals surface area contributed by atoms with Gasteiger partial charge in [0.15, 0.2) is 0 Å². The van der Waals surface area contributed by atoms with Crippen LogP contribution in [-0.2, 0) is 4.79 Å². The number of amides is 1. The number of benzene rings is 1. The molecule has 0 fully saturated rings.